The molecule has 27 heavy (non-hydrogen) atoms. The van der Waals surface area contributed by atoms with Crippen LogP contribution in [0.25, 0.3) is 0 Å². The fourth-order valence-corrected chi connectivity index (χ4v) is 3.81. The highest BCUT2D eigenvalue weighted by molar-refractivity contribution is 5.78. The van der Waals surface area contributed by atoms with Gasteiger partial charge in [-0.2, -0.15) is 8.78 Å². The van der Waals surface area contributed by atoms with Gasteiger partial charge in [0.2, 0.25) is 5.91 Å². The Kier molecular flexibility index (Phi) is 6.43. The van der Waals surface area contributed by atoms with Crippen molar-refractivity contribution in [1.82, 2.24) is 4.90 Å². The topological polar surface area (TPSA) is 29.5 Å². The van der Waals surface area contributed by atoms with Crippen molar-refractivity contribution in [2.45, 2.75) is 50.7 Å². The van der Waals surface area contributed by atoms with Gasteiger partial charge in [0.05, 0.1) is 6.42 Å². The average Bonchev–Trinajstić information content (AvgIpc) is 2.69. The van der Waals surface area contributed by atoms with Crippen LogP contribution in [-0.4, -0.2) is 30.5 Å². The fraction of sp³-hybridized carbons (Fsp3) is 0.409. The van der Waals surface area contributed by atoms with Crippen LogP contribution in [0.3, 0.4) is 0 Å². The number of carbonyl (C=O) groups is 1. The van der Waals surface area contributed by atoms with Gasteiger partial charge >= 0.3 is 6.61 Å². The molecular formula is C22H25F2NO2. The summed E-state index contributed by atoms with van der Waals surface area (Å²) in [5.41, 5.74) is 2.18. The van der Waals surface area contributed by atoms with Gasteiger partial charge in [0, 0.05) is 13.1 Å². The number of ether oxygens (including phenoxy) is 1. The predicted octanol–water partition coefficient (Wildman–Crippen LogP) is 5.02. The van der Waals surface area contributed by atoms with Gasteiger partial charge in [-0.3, -0.25) is 4.79 Å². The Bertz CT molecular complexity index is 726. The van der Waals surface area contributed by atoms with E-state index in [1.54, 1.807) is 12.1 Å². The van der Waals surface area contributed by atoms with Crippen molar-refractivity contribution in [3.63, 3.8) is 0 Å². The molecule has 0 aromatic heterocycles. The second-order valence-corrected chi connectivity index (χ2v) is 7.12. The molecule has 2 aromatic rings. The number of amides is 1. The normalized spacial score (nSPS) is 19.7. The smallest absolute Gasteiger partial charge is 0.387 e. The van der Waals surface area contributed by atoms with Crippen molar-refractivity contribution < 1.29 is 18.3 Å². The molecule has 0 atom stereocenters. The summed E-state index contributed by atoms with van der Waals surface area (Å²) in [7, 11) is 1.87. The molecule has 0 bridgehead atoms. The van der Waals surface area contributed by atoms with Crippen LogP contribution in [0.15, 0.2) is 54.6 Å². The van der Waals surface area contributed by atoms with Crippen LogP contribution in [0, 0.1) is 0 Å². The lowest BCUT2D eigenvalue weighted by Crippen LogP contribution is -2.40. The maximum Gasteiger partial charge on any atom is 0.387 e. The SMILES string of the molecule is CN(C(=O)Cc1ccc(OC(F)F)cc1)C1CCC(c2ccccc2)CC1. The van der Waals surface area contributed by atoms with E-state index >= 15 is 0 Å². The van der Waals surface area contributed by atoms with Crippen molar-refractivity contribution in [2.24, 2.45) is 0 Å². The highest BCUT2D eigenvalue weighted by atomic mass is 19.3. The Morgan fingerprint density at radius 2 is 1.67 bits per heavy atom. The molecule has 1 aliphatic rings. The number of alkyl halides is 2. The van der Waals surface area contributed by atoms with Crippen molar-refractivity contribution in [3.05, 3.63) is 65.7 Å². The Balaban J connectivity index is 1.50. The third-order valence-electron chi connectivity index (χ3n) is 5.41. The molecule has 1 fully saturated rings. The van der Waals surface area contributed by atoms with Gasteiger partial charge in [0.15, 0.2) is 0 Å². The van der Waals surface area contributed by atoms with Crippen LogP contribution in [0.5, 0.6) is 5.75 Å². The Morgan fingerprint density at radius 1 is 1.04 bits per heavy atom. The lowest BCUT2D eigenvalue weighted by Gasteiger charge is -2.35. The minimum absolute atomic E-state index is 0.0562. The van der Waals surface area contributed by atoms with E-state index < -0.39 is 6.61 Å². The van der Waals surface area contributed by atoms with Gasteiger partial charge in [-0.15, -0.1) is 0 Å². The molecule has 1 amide bonds. The molecular weight excluding hydrogens is 348 g/mol. The molecule has 3 rings (SSSR count). The van der Waals surface area contributed by atoms with Gasteiger partial charge in [-0.25, -0.2) is 0 Å². The van der Waals surface area contributed by atoms with Crippen LogP contribution in [-0.2, 0) is 11.2 Å². The molecule has 3 nitrogen and oxygen atoms in total. The van der Waals surface area contributed by atoms with E-state index in [0.29, 0.717) is 5.92 Å². The van der Waals surface area contributed by atoms with E-state index in [4.69, 9.17) is 0 Å². The van der Waals surface area contributed by atoms with Crippen LogP contribution < -0.4 is 4.74 Å². The van der Waals surface area contributed by atoms with Crippen LogP contribution in [0.2, 0.25) is 0 Å². The second-order valence-electron chi connectivity index (χ2n) is 7.12. The first-order valence-corrected chi connectivity index (χ1v) is 9.37. The first-order valence-electron chi connectivity index (χ1n) is 9.37. The summed E-state index contributed by atoms with van der Waals surface area (Å²) in [5, 5.41) is 0. The van der Waals surface area contributed by atoms with Crippen molar-refractivity contribution >= 4 is 5.91 Å². The minimum atomic E-state index is -2.84. The molecule has 0 spiro atoms. The zero-order valence-electron chi connectivity index (χ0n) is 15.5. The standard InChI is InChI=1S/C22H25F2NO2/c1-25(19-11-9-18(10-12-19)17-5-3-2-4-6-17)21(26)15-16-7-13-20(14-8-16)27-22(23)24/h2-8,13-14,18-19,22H,9-12,15H2,1H3. The van der Waals surface area contributed by atoms with Crippen LogP contribution in [0.4, 0.5) is 8.78 Å². The van der Waals surface area contributed by atoms with E-state index in [1.165, 1.54) is 17.7 Å². The van der Waals surface area contributed by atoms with Crippen molar-refractivity contribution in [2.75, 3.05) is 7.05 Å². The van der Waals surface area contributed by atoms with Gasteiger partial charge in [-0.1, -0.05) is 42.5 Å². The summed E-state index contributed by atoms with van der Waals surface area (Å²) in [6.45, 7) is -2.84. The molecule has 1 saturated carbocycles. The maximum atomic E-state index is 12.6. The molecule has 0 saturated heterocycles. The maximum absolute atomic E-state index is 12.6. The molecule has 0 N–H and O–H groups in total. The highest BCUT2D eigenvalue weighted by Gasteiger charge is 2.27. The lowest BCUT2D eigenvalue weighted by atomic mass is 9.81. The van der Waals surface area contributed by atoms with E-state index in [2.05, 4.69) is 29.0 Å². The largest absolute Gasteiger partial charge is 0.435 e. The fourth-order valence-electron chi connectivity index (χ4n) is 3.81. The summed E-state index contributed by atoms with van der Waals surface area (Å²) in [6, 6.07) is 17.1. The van der Waals surface area contributed by atoms with Gasteiger partial charge in [-0.05, 0) is 54.9 Å². The minimum Gasteiger partial charge on any atom is -0.435 e. The Morgan fingerprint density at radius 3 is 2.26 bits per heavy atom. The van der Waals surface area contributed by atoms with Crippen LogP contribution >= 0.6 is 0 Å². The zero-order valence-corrected chi connectivity index (χ0v) is 15.5. The third-order valence-corrected chi connectivity index (χ3v) is 5.41. The van der Waals surface area contributed by atoms with E-state index in [9.17, 15) is 13.6 Å². The number of carbonyl (C=O) groups excluding carboxylic acids is 1. The third kappa shape index (κ3) is 5.28. The highest BCUT2D eigenvalue weighted by Crippen LogP contribution is 2.34. The van der Waals surface area contributed by atoms with Crippen molar-refractivity contribution in [3.8, 4) is 5.75 Å². The molecule has 0 unspecified atom stereocenters. The predicted molar refractivity (Wildman–Crippen MR) is 101 cm³/mol. The zero-order chi connectivity index (χ0) is 19.2. The Hall–Kier alpha value is -2.43. The molecule has 5 heteroatoms. The van der Waals surface area contributed by atoms with Crippen molar-refractivity contribution in [1.29, 1.82) is 0 Å². The first kappa shape index (κ1) is 19.3. The van der Waals surface area contributed by atoms with E-state index in [0.717, 1.165) is 31.2 Å². The lowest BCUT2D eigenvalue weighted by molar-refractivity contribution is -0.131. The molecule has 1 aliphatic carbocycles. The van der Waals surface area contributed by atoms with Gasteiger partial charge < -0.3 is 9.64 Å². The molecule has 0 heterocycles. The number of halogens is 2. The summed E-state index contributed by atoms with van der Waals surface area (Å²) in [5.74, 6) is 0.739. The summed E-state index contributed by atoms with van der Waals surface area (Å²) in [6.07, 6.45) is 4.45. The summed E-state index contributed by atoms with van der Waals surface area (Å²) in [4.78, 5) is 14.5. The number of benzene rings is 2. The molecule has 0 aliphatic heterocycles. The number of hydrogen-bond donors (Lipinski definition) is 0. The monoisotopic (exact) mass is 373 g/mol. The number of nitrogens with zero attached hydrogens (tertiary/aromatic N) is 1. The Labute approximate surface area is 158 Å². The molecule has 144 valence electrons. The van der Waals surface area contributed by atoms with E-state index in [-0.39, 0.29) is 24.1 Å². The average molecular weight is 373 g/mol. The van der Waals surface area contributed by atoms with Gasteiger partial charge in [0.25, 0.3) is 0 Å². The molecule has 2 aromatic carbocycles. The van der Waals surface area contributed by atoms with Crippen LogP contribution in [0.1, 0.15) is 42.7 Å². The van der Waals surface area contributed by atoms with E-state index in [1.807, 2.05) is 18.0 Å². The number of hydrogen-bond acceptors (Lipinski definition) is 2. The quantitative estimate of drug-likeness (QED) is 0.712. The summed E-state index contributed by atoms with van der Waals surface area (Å²) < 4.78 is 28.7. The first-order chi connectivity index (χ1) is 13.0. The number of likely N-dealkylation sites (N-methyl/N-ethyl adjacent to an activating group) is 1. The van der Waals surface area contributed by atoms with Gasteiger partial charge in [0.1, 0.15) is 5.75 Å². The second kappa shape index (κ2) is 8.98. The number of rotatable bonds is 6. The summed E-state index contributed by atoms with van der Waals surface area (Å²) >= 11 is 0. The molecule has 0 radical (unpaired) electrons.